The molecule has 0 aliphatic rings. The smallest absolute Gasteiger partial charge is 0.335 e. The lowest BCUT2D eigenvalue weighted by Crippen LogP contribution is -2.28. The summed E-state index contributed by atoms with van der Waals surface area (Å²) in [4.78, 5) is 22.5. The van der Waals surface area contributed by atoms with Gasteiger partial charge < -0.3 is 15.7 Å². The van der Waals surface area contributed by atoms with E-state index in [0.717, 1.165) is 0 Å². The Bertz CT molecular complexity index is 463. The number of rotatable bonds is 5. The maximum absolute atomic E-state index is 11.7. The van der Waals surface area contributed by atoms with Crippen LogP contribution in [0.1, 0.15) is 17.3 Å². The van der Waals surface area contributed by atoms with Crippen LogP contribution in [-0.2, 0) is 4.79 Å². The number of halogens is 1. The summed E-state index contributed by atoms with van der Waals surface area (Å²) in [5.74, 6) is -1.43. The fourth-order valence-corrected chi connectivity index (χ4v) is 1.63. The average Bonchev–Trinajstić information content (AvgIpc) is 2.31. The quantitative estimate of drug-likeness (QED) is 0.763. The Kier molecular flexibility index (Phi) is 5.12. The maximum Gasteiger partial charge on any atom is 0.335 e. The number of carbonyl (C=O) groups is 2. The number of carboxylic acid groups (broad SMARTS) is 1. The molecule has 0 fully saturated rings. The summed E-state index contributed by atoms with van der Waals surface area (Å²) in [7, 11) is 1.76. The monoisotopic (exact) mass is 270 g/mol. The van der Waals surface area contributed by atoms with Crippen molar-refractivity contribution in [3.63, 3.8) is 0 Å². The van der Waals surface area contributed by atoms with E-state index in [0.29, 0.717) is 12.2 Å². The number of benzene rings is 1. The lowest BCUT2D eigenvalue weighted by molar-refractivity contribution is -0.119. The van der Waals surface area contributed by atoms with Gasteiger partial charge in [0.05, 0.1) is 16.3 Å². The fraction of sp³-hybridized carbons (Fsp3) is 0.333. The number of nitrogens with one attached hydrogen (secondary N) is 2. The molecule has 1 amide bonds. The van der Waals surface area contributed by atoms with E-state index in [2.05, 4.69) is 10.6 Å². The minimum Gasteiger partial charge on any atom is -0.478 e. The molecule has 3 N–H and O–H groups in total. The van der Waals surface area contributed by atoms with Crippen molar-refractivity contribution < 1.29 is 14.7 Å². The van der Waals surface area contributed by atoms with Crippen molar-refractivity contribution in [1.29, 1.82) is 0 Å². The normalized spacial score (nSPS) is 11.9. The molecule has 6 heteroatoms. The summed E-state index contributed by atoms with van der Waals surface area (Å²) in [5, 5.41) is 14.6. The van der Waals surface area contributed by atoms with Gasteiger partial charge in [-0.3, -0.25) is 4.79 Å². The van der Waals surface area contributed by atoms with Gasteiger partial charge in [-0.1, -0.05) is 18.5 Å². The molecular formula is C12H15ClN2O3. The van der Waals surface area contributed by atoms with E-state index in [9.17, 15) is 9.59 Å². The van der Waals surface area contributed by atoms with Crippen molar-refractivity contribution in [1.82, 2.24) is 5.32 Å². The first-order valence-electron chi connectivity index (χ1n) is 5.44. The van der Waals surface area contributed by atoms with E-state index in [1.54, 1.807) is 14.0 Å². The van der Waals surface area contributed by atoms with E-state index in [1.165, 1.54) is 18.2 Å². The Hall–Kier alpha value is -1.59. The summed E-state index contributed by atoms with van der Waals surface area (Å²) >= 11 is 5.91. The van der Waals surface area contributed by atoms with Gasteiger partial charge in [-0.2, -0.15) is 0 Å². The Balaban J connectivity index is 2.79. The predicted molar refractivity (Wildman–Crippen MR) is 70.1 cm³/mol. The molecule has 0 aliphatic heterocycles. The highest BCUT2D eigenvalue weighted by Crippen LogP contribution is 2.23. The van der Waals surface area contributed by atoms with Crippen LogP contribution in [0.25, 0.3) is 0 Å². The lowest BCUT2D eigenvalue weighted by atomic mass is 10.1. The highest BCUT2D eigenvalue weighted by molar-refractivity contribution is 6.34. The third-order valence-corrected chi connectivity index (χ3v) is 2.74. The molecule has 1 atom stereocenters. The minimum atomic E-state index is -1.06. The molecule has 5 nitrogen and oxygen atoms in total. The van der Waals surface area contributed by atoms with Crippen molar-refractivity contribution in [3.8, 4) is 0 Å². The highest BCUT2D eigenvalue weighted by atomic mass is 35.5. The summed E-state index contributed by atoms with van der Waals surface area (Å²) < 4.78 is 0. The topological polar surface area (TPSA) is 78.4 Å². The minimum absolute atomic E-state index is 0.0845. The van der Waals surface area contributed by atoms with Crippen molar-refractivity contribution in [2.24, 2.45) is 5.92 Å². The Morgan fingerprint density at radius 2 is 2.11 bits per heavy atom. The van der Waals surface area contributed by atoms with Crippen molar-refractivity contribution in [2.45, 2.75) is 6.92 Å². The van der Waals surface area contributed by atoms with Crippen LogP contribution >= 0.6 is 11.6 Å². The molecule has 1 aromatic carbocycles. The summed E-state index contributed by atoms with van der Waals surface area (Å²) in [5.41, 5.74) is 0.496. The zero-order valence-corrected chi connectivity index (χ0v) is 10.9. The molecule has 18 heavy (non-hydrogen) atoms. The first-order valence-corrected chi connectivity index (χ1v) is 5.81. The first kappa shape index (κ1) is 14.5. The van der Waals surface area contributed by atoms with Crippen molar-refractivity contribution in [2.75, 3.05) is 18.9 Å². The van der Waals surface area contributed by atoms with E-state index >= 15 is 0 Å². The van der Waals surface area contributed by atoms with Crippen LogP contribution in [0.4, 0.5) is 5.69 Å². The van der Waals surface area contributed by atoms with E-state index in [1.807, 2.05) is 0 Å². The Morgan fingerprint density at radius 3 is 2.61 bits per heavy atom. The molecule has 0 radical (unpaired) electrons. The molecule has 1 rings (SSSR count). The predicted octanol–water partition coefficient (Wildman–Crippen LogP) is 1.83. The molecule has 0 spiro atoms. The maximum atomic E-state index is 11.7. The SMILES string of the molecule is CNCC(C)C(=O)Nc1ccc(C(=O)O)cc1Cl. The highest BCUT2D eigenvalue weighted by Gasteiger charge is 2.14. The van der Waals surface area contributed by atoms with Gasteiger partial charge in [0, 0.05) is 12.5 Å². The average molecular weight is 271 g/mol. The standard InChI is InChI=1S/C12H15ClN2O3/c1-7(6-14-2)11(16)15-10-4-3-8(12(17)18)5-9(10)13/h3-5,7,14H,6H2,1-2H3,(H,15,16)(H,17,18). The van der Waals surface area contributed by atoms with Crippen LogP contribution in [0.15, 0.2) is 18.2 Å². The zero-order chi connectivity index (χ0) is 13.7. The Labute approximate surface area is 110 Å². The van der Waals surface area contributed by atoms with Crippen LogP contribution in [0.2, 0.25) is 5.02 Å². The first-order chi connectivity index (χ1) is 8.45. The molecule has 0 heterocycles. The molecule has 0 saturated carbocycles. The summed E-state index contributed by atoms with van der Waals surface area (Å²) in [6.07, 6.45) is 0. The summed E-state index contributed by atoms with van der Waals surface area (Å²) in [6.45, 7) is 2.34. The van der Waals surface area contributed by atoms with Crippen LogP contribution in [-0.4, -0.2) is 30.6 Å². The number of carboxylic acids is 1. The molecule has 1 aromatic rings. The van der Waals surface area contributed by atoms with Gasteiger partial charge in [0.25, 0.3) is 0 Å². The second-order valence-corrected chi connectivity index (χ2v) is 4.35. The van der Waals surface area contributed by atoms with Crippen LogP contribution in [0, 0.1) is 5.92 Å². The van der Waals surface area contributed by atoms with Crippen LogP contribution < -0.4 is 10.6 Å². The molecular weight excluding hydrogens is 256 g/mol. The Morgan fingerprint density at radius 1 is 1.44 bits per heavy atom. The van der Waals surface area contributed by atoms with Gasteiger partial charge >= 0.3 is 5.97 Å². The molecule has 0 aliphatic carbocycles. The number of anilines is 1. The van der Waals surface area contributed by atoms with Gasteiger partial charge in [0.15, 0.2) is 0 Å². The number of aromatic carboxylic acids is 1. The van der Waals surface area contributed by atoms with E-state index in [4.69, 9.17) is 16.7 Å². The fourth-order valence-electron chi connectivity index (χ4n) is 1.40. The third-order valence-electron chi connectivity index (χ3n) is 2.43. The van der Waals surface area contributed by atoms with Gasteiger partial charge in [0.2, 0.25) is 5.91 Å². The number of amides is 1. The second kappa shape index (κ2) is 6.37. The molecule has 0 bridgehead atoms. The molecule has 98 valence electrons. The van der Waals surface area contributed by atoms with E-state index in [-0.39, 0.29) is 22.4 Å². The van der Waals surface area contributed by atoms with Crippen molar-refractivity contribution in [3.05, 3.63) is 28.8 Å². The number of carbonyl (C=O) groups excluding carboxylic acids is 1. The zero-order valence-electron chi connectivity index (χ0n) is 10.2. The van der Waals surface area contributed by atoms with Gasteiger partial charge in [-0.15, -0.1) is 0 Å². The number of hydrogen-bond acceptors (Lipinski definition) is 3. The lowest BCUT2D eigenvalue weighted by Gasteiger charge is -2.12. The third kappa shape index (κ3) is 3.72. The van der Waals surface area contributed by atoms with Crippen LogP contribution in [0.3, 0.4) is 0 Å². The van der Waals surface area contributed by atoms with Gasteiger partial charge in [0.1, 0.15) is 0 Å². The van der Waals surface area contributed by atoms with Crippen molar-refractivity contribution >= 4 is 29.2 Å². The molecule has 0 saturated heterocycles. The van der Waals surface area contributed by atoms with Gasteiger partial charge in [-0.05, 0) is 25.2 Å². The molecule has 1 unspecified atom stereocenters. The molecule has 0 aromatic heterocycles. The number of hydrogen-bond donors (Lipinski definition) is 3. The van der Waals surface area contributed by atoms with E-state index < -0.39 is 5.97 Å². The van der Waals surface area contributed by atoms with Crippen LogP contribution in [0.5, 0.6) is 0 Å². The second-order valence-electron chi connectivity index (χ2n) is 3.95. The largest absolute Gasteiger partial charge is 0.478 e. The van der Waals surface area contributed by atoms with Gasteiger partial charge in [-0.25, -0.2) is 4.79 Å². The summed E-state index contributed by atoms with van der Waals surface area (Å²) in [6, 6.07) is 4.19.